The van der Waals surface area contributed by atoms with Gasteiger partial charge in [-0.3, -0.25) is 4.79 Å². The number of hydrogen-bond donors (Lipinski definition) is 1. The largest absolute Gasteiger partial charge is 0.379 e. The van der Waals surface area contributed by atoms with Gasteiger partial charge in [0.25, 0.3) is 5.56 Å². The molecule has 2 heterocycles. The molecular formula is C21H34N2O5S. The third-order valence-corrected chi connectivity index (χ3v) is 7.56. The van der Waals surface area contributed by atoms with Crippen LogP contribution in [0.15, 0.2) is 16.9 Å². The zero-order chi connectivity index (χ0) is 21.0. The summed E-state index contributed by atoms with van der Waals surface area (Å²) in [5, 5.41) is 0. The highest BCUT2D eigenvalue weighted by Crippen LogP contribution is 2.28. The highest BCUT2D eigenvalue weighted by atomic mass is 32.2. The summed E-state index contributed by atoms with van der Waals surface area (Å²) >= 11 is 0. The van der Waals surface area contributed by atoms with E-state index >= 15 is 0 Å². The van der Waals surface area contributed by atoms with Crippen molar-refractivity contribution in [3.63, 3.8) is 0 Å². The van der Waals surface area contributed by atoms with Crippen molar-refractivity contribution < 1.29 is 17.9 Å². The van der Waals surface area contributed by atoms with Crippen LogP contribution < -0.4 is 10.3 Å². The van der Waals surface area contributed by atoms with Crippen molar-refractivity contribution in [3.8, 4) is 0 Å². The minimum atomic E-state index is -3.37. The molecule has 1 N–H and O–H groups in total. The number of hydrogen-bond acceptors (Lipinski definition) is 5. The molecule has 1 aromatic heterocycles. The van der Waals surface area contributed by atoms with Crippen molar-refractivity contribution in [2.24, 2.45) is 0 Å². The summed E-state index contributed by atoms with van der Waals surface area (Å²) in [5.74, 6) is 0.0219. The normalized spacial score (nSPS) is 27.6. The number of aromatic nitrogens is 1. The molecule has 1 aliphatic heterocycles. The van der Waals surface area contributed by atoms with Crippen LogP contribution in [-0.2, 0) is 25.9 Å². The van der Waals surface area contributed by atoms with Crippen LogP contribution in [0.25, 0.3) is 0 Å². The van der Waals surface area contributed by atoms with Crippen molar-refractivity contribution in [1.82, 2.24) is 9.29 Å². The van der Waals surface area contributed by atoms with E-state index in [0.29, 0.717) is 31.1 Å². The van der Waals surface area contributed by atoms with Gasteiger partial charge in [0.1, 0.15) is 0 Å². The van der Waals surface area contributed by atoms with Gasteiger partial charge in [0.2, 0.25) is 10.0 Å². The smallest absolute Gasteiger partial charge is 0.254 e. The Morgan fingerprint density at radius 3 is 2.34 bits per heavy atom. The summed E-state index contributed by atoms with van der Waals surface area (Å²) in [6, 6.07) is 3.14. The number of nitrogens with zero attached hydrogens (tertiary/aromatic N) is 1. The van der Waals surface area contributed by atoms with Gasteiger partial charge in [0.05, 0.1) is 30.6 Å². The van der Waals surface area contributed by atoms with Crippen LogP contribution in [0.4, 0.5) is 0 Å². The third kappa shape index (κ3) is 5.48. The molecular weight excluding hydrogens is 392 g/mol. The molecule has 164 valence electrons. The first-order chi connectivity index (χ1) is 13.8. The van der Waals surface area contributed by atoms with Gasteiger partial charge in [-0.25, -0.2) is 13.1 Å². The molecule has 7 nitrogen and oxygen atoms in total. The Hall–Kier alpha value is -1.22. The Kier molecular flexibility index (Phi) is 7.53. The van der Waals surface area contributed by atoms with Crippen molar-refractivity contribution in [2.75, 3.05) is 19.0 Å². The fourth-order valence-corrected chi connectivity index (χ4v) is 5.32. The molecule has 3 rings (SSSR count). The third-order valence-electron chi connectivity index (χ3n) is 6.14. The van der Waals surface area contributed by atoms with Gasteiger partial charge < -0.3 is 14.0 Å². The molecule has 1 aliphatic carbocycles. The number of nitrogens with one attached hydrogen (secondary N) is 1. The van der Waals surface area contributed by atoms with E-state index in [4.69, 9.17) is 9.47 Å². The molecule has 0 amide bonds. The summed E-state index contributed by atoms with van der Waals surface area (Å²) in [5.41, 5.74) is 1.55. The summed E-state index contributed by atoms with van der Waals surface area (Å²) in [4.78, 5) is 12.9. The van der Waals surface area contributed by atoms with E-state index in [0.717, 1.165) is 38.0 Å². The molecule has 8 heteroatoms. The van der Waals surface area contributed by atoms with Gasteiger partial charge in [-0.1, -0.05) is 6.07 Å². The van der Waals surface area contributed by atoms with Gasteiger partial charge in [0.15, 0.2) is 0 Å². The maximum atomic E-state index is 12.9. The topological polar surface area (TPSA) is 86.6 Å². The van der Waals surface area contributed by atoms with E-state index in [2.05, 4.69) is 4.72 Å². The molecule has 0 aromatic carbocycles. The Morgan fingerprint density at radius 2 is 1.72 bits per heavy atom. The van der Waals surface area contributed by atoms with E-state index in [1.807, 2.05) is 19.1 Å². The Bertz CT molecular complexity index is 843. The van der Waals surface area contributed by atoms with Gasteiger partial charge in [-0.05, 0) is 65.4 Å². The highest BCUT2D eigenvalue weighted by molar-refractivity contribution is 7.89. The summed E-state index contributed by atoms with van der Waals surface area (Å²) in [7, 11) is -3.37. The SMILES string of the molecule is CCOC1CCC(OCC2C(NS(=O)(=O)CC)CCc3ccc(C)c(=O)n32)CC1. The van der Waals surface area contributed by atoms with Crippen LogP contribution in [0.5, 0.6) is 0 Å². The molecule has 2 aliphatic rings. The number of fused-ring (bicyclic) bond motifs is 1. The zero-order valence-electron chi connectivity index (χ0n) is 17.7. The standard InChI is InChI=1S/C21H34N2O5S/c1-4-27-17-9-11-18(12-10-17)28-14-20-19(22-29(25,26)5-2)13-8-16-7-6-15(3)21(24)23(16)20/h6-7,17-20,22H,4-5,8-14H2,1-3H3. The fraction of sp³-hybridized carbons (Fsp3) is 0.762. The van der Waals surface area contributed by atoms with E-state index in [1.54, 1.807) is 18.4 Å². The lowest BCUT2D eigenvalue weighted by atomic mass is 9.94. The number of sulfonamides is 1. The van der Waals surface area contributed by atoms with E-state index in [9.17, 15) is 13.2 Å². The van der Waals surface area contributed by atoms with Gasteiger partial charge in [0, 0.05) is 23.9 Å². The Labute approximate surface area is 173 Å². The molecule has 2 unspecified atom stereocenters. The van der Waals surface area contributed by atoms with Gasteiger partial charge >= 0.3 is 0 Å². The number of ether oxygens (including phenoxy) is 2. The number of aryl methyl sites for hydroxylation is 2. The summed E-state index contributed by atoms with van der Waals surface area (Å²) in [6.07, 6.45) is 5.58. The van der Waals surface area contributed by atoms with Crippen LogP contribution in [0.2, 0.25) is 0 Å². The fourth-order valence-electron chi connectivity index (χ4n) is 4.41. The van der Waals surface area contributed by atoms with E-state index in [1.165, 1.54) is 0 Å². The lowest BCUT2D eigenvalue weighted by molar-refractivity contribution is -0.0398. The monoisotopic (exact) mass is 426 g/mol. The Morgan fingerprint density at radius 1 is 1.07 bits per heavy atom. The van der Waals surface area contributed by atoms with Crippen molar-refractivity contribution in [2.45, 2.75) is 83.6 Å². The van der Waals surface area contributed by atoms with Crippen LogP contribution in [0.1, 0.15) is 63.3 Å². The minimum absolute atomic E-state index is 0.0219. The molecule has 1 saturated carbocycles. The zero-order valence-corrected chi connectivity index (χ0v) is 18.5. The van der Waals surface area contributed by atoms with Crippen molar-refractivity contribution in [3.05, 3.63) is 33.7 Å². The molecule has 2 atom stereocenters. The van der Waals surface area contributed by atoms with Crippen LogP contribution in [0.3, 0.4) is 0 Å². The lowest BCUT2D eigenvalue weighted by Crippen LogP contribution is -2.50. The second-order valence-corrected chi connectivity index (χ2v) is 10.1. The maximum absolute atomic E-state index is 12.9. The molecule has 1 fully saturated rings. The summed E-state index contributed by atoms with van der Waals surface area (Å²) < 4.78 is 41.0. The molecule has 0 saturated heterocycles. The van der Waals surface area contributed by atoms with Crippen LogP contribution >= 0.6 is 0 Å². The average Bonchev–Trinajstić information content (AvgIpc) is 2.71. The van der Waals surface area contributed by atoms with Crippen molar-refractivity contribution >= 4 is 10.0 Å². The average molecular weight is 427 g/mol. The first kappa shape index (κ1) is 22.5. The van der Waals surface area contributed by atoms with Gasteiger partial charge in [-0.2, -0.15) is 0 Å². The quantitative estimate of drug-likeness (QED) is 0.689. The lowest BCUT2D eigenvalue weighted by Gasteiger charge is -2.37. The molecule has 1 aromatic rings. The number of pyridine rings is 1. The maximum Gasteiger partial charge on any atom is 0.254 e. The predicted molar refractivity (Wildman–Crippen MR) is 113 cm³/mol. The number of rotatable bonds is 8. The second-order valence-electron chi connectivity index (χ2n) is 8.10. The molecule has 29 heavy (non-hydrogen) atoms. The Balaban J connectivity index is 1.76. The van der Waals surface area contributed by atoms with E-state index in [-0.39, 0.29) is 29.5 Å². The molecule has 0 spiro atoms. The summed E-state index contributed by atoms with van der Waals surface area (Å²) in [6.45, 7) is 6.49. The highest BCUT2D eigenvalue weighted by Gasteiger charge is 2.34. The molecule has 0 bridgehead atoms. The van der Waals surface area contributed by atoms with Crippen LogP contribution in [-0.4, -0.2) is 50.2 Å². The second kappa shape index (κ2) is 9.73. The van der Waals surface area contributed by atoms with Crippen LogP contribution in [0, 0.1) is 6.92 Å². The molecule has 0 radical (unpaired) electrons. The van der Waals surface area contributed by atoms with E-state index < -0.39 is 10.0 Å². The minimum Gasteiger partial charge on any atom is -0.379 e. The van der Waals surface area contributed by atoms with Gasteiger partial charge in [-0.15, -0.1) is 0 Å². The van der Waals surface area contributed by atoms with Crippen molar-refractivity contribution in [1.29, 1.82) is 0 Å². The first-order valence-electron chi connectivity index (χ1n) is 10.8. The predicted octanol–water partition coefficient (Wildman–Crippen LogP) is 2.32. The first-order valence-corrected chi connectivity index (χ1v) is 12.4.